The Balaban J connectivity index is 1.62. The number of ether oxygens (including phenoxy) is 1. The van der Waals surface area contributed by atoms with Gasteiger partial charge in [0.1, 0.15) is 0 Å². The predicted molar refractivity (Wildman–Crippen MR) is 108 cm³/mol. The van der Waals surface area contributed by atoms with Gasteiger partial charge in [0.25, 0.3) is 9.05 Å². The number of nitrogens with zero attached hydrogens (tertiary/aromatic N) is 1. The summed E-state index contributed by atoms with van der Waals surface area (Å²) < 4.78 is 29.9. The molecular formula is C18H26N2O4S2. The Morgan fingerprint density at radius 2 is 1.96 bits per heavy atom. The highest BCUT2D eigenvalue weighted by molar-refractivity contribution is 8.27. The van der Waals surface area contributed by atoms with Crippen LogP contribution in [0.5, 0.6) is 5.88 Å². The molecule has 6 nitrogen and oxygen atoms in total. The Morgan fingerprint density at radius 3 is 2.73 bits per heavy atom. The fraction of sp³-hybridized carbons (Fsp3) is 0.500. The van der Waals surface area contributed by atoms with Gasteiger partial charge in [0.05, 0.1) is 18.7 Å². The molecule has 0 bridgehead atoms. The maximum Gasteiger partial charge on any atom is 0.266 e. The molecule has 2 N–H and O–H groups in total. The van der Waals surface area contributed by atoms with Crippen molar-refractivity contribution in [1.29, 1.82) is 0 Å². The second kappa shape index (κ2) is 10.1. The van der Waals surface area contributed by atoms with Crippen LogP contribution in [0.3, 0.4) is 0 Å². The Hall–Kier alpha value is -1.32. The van der Waals surface area contributed by atoms with Crippen molar-refractivity contribution in [2.75, 3.05) is 26.3 Å². The number of nitrogens with one attached hydrogen (secondary N) is 1. The molecule has 0 saturated heterocycles. The minimum Gasteiger partial charge on any atom is -0.478 e. The maximum absolute atomic E-state index is 10.7. The van der Waals surface area contributed by atoms with E-state index in [4.69, 9.17) is 9.29 Å². The molecule has 0 spiro atoms. The summed E-state index contributed by atoms with van der Waals surface area (Å²) in [7, 11) is -3.50. The molecule has 2 rings (SSSR count). The summed E-state index contributed by atoms with van der Waals surface area (Å²) in [5, 5.41) is 4.30. The lowest BCUT2D eigenvalue weighted by atomic mass is 10.1. The van der Waals surface area contributed by atoms with E-state index >= 15 is 0 Å². The zero-order valence-corrected chi connectivity index (χ0v) is 16.8. The molecule has 0 amide bonds. The molecule has 1 unspecified atom stereocenters. The van der Waals surface area contributed by atoms with Crippen molar-refractivity contribution in [3.63, 3.8) is 0 Å². The first-order valence-corrected chi connectivity index (χ1v) is 11.0. The smallest absolute Gasteiger partial charge is 0.266 e. The van der Waals surface area contributed by atoms with Crippen LogP contribution >= 0.6 is 0 Å². The zero-order chi connectivity index (χ0) is 19.0. The van der Waals surface area contributed by atoms with Crippen LogP contribution in [-0.4, -0.2) is 40.0 Å². The van der Waals surface area contributed by atoms with Crippen LogP contribution in [0.25, 0.3) is 10.9 Å². The molecule has 2 aromatic rings. The van der Waals surface area contributed by atoms with Crippen molar-refractivity contribution in [1.82, 2.24) is 10.3 Å². The highest BCUT2D eigenvalue weighted by Crippen LogP contribution is 2.22. The monoisotopic (exact) mass is 398 g/mol. The quantitative estimate of drug-likeness (QED) is 0.563. The molecule has 0 saturated carbocycles. The van der Waals surface area contributed by atoms with Crippen LogP contribution in [0, 0.1) is 13.8 Å². The van der Waals surface area contributed by atoms with E-state index in [1.807, 2.05) is 12.1 Å². The van der Waals surface area contributed by atoms with Gasteiger partial charge in [0.2, 0.25) is 5.88 Å². The van der Waals surface area contributed by atoms with E-state index in [1.54, 1.807) is 0 Å². The third kappa shape index (κ3) is 7.51. The van der Waals surface area contributed by atoms with E-state index in [1.165, 1.54) is 16.5 Å². The highest BCUT2D eigenvalue weighted by atomic mass is 32.9. The molecule has 0 fully saturated rings. The van der Waals surface area contributed by atoms with Gasteiger partial charge in [-0.3, -0.25) is 8.74 Å². The summed E-state index contributed by atoms with van der Waals surface area (Å²) in [6.45, 7) is 6.25. The van der Waals surface area contributed by atoms with E-state index in [2.05, 4.69) is 51.7 Å². The third-order valence-electron chi connectivity index (χ3n) is 3.91. The summed E-state index contributed by atoms with van der Waals surface area (Å²) in [5.41, 5.74) is 3.36. The first-order chi connectivity index (χ1) is 12.3. The van der Waals surface area contributed by atoms with Gasteiger partial charge in [-0.2, -0.15) is 4.21 Å². The Kier molecular flexibility index (Phi) is 8.17. The molecule has 8 heteroatoms. The minimum absolute atomic E-state index is 0.133. The predicted octanol–water partition coefficient (Wildman–Crippen LogP) is 3.14. The van der Waals surface area contributed by atoms with Crippen LogP contribution < -0.4 is 10.1 Å². The van der Waals surface area contributed by atoms with E-state index in [0.717, 1.165) is 31.3 Å². The summed E-state index contributed by atoms with van der Waals surface area (Å²) in [6.07, 6.45) is 2.97. The molecular weight excluding hydrogens is 372 g/mol. The lowest BCUT2D eigenvalue weighted by Crippen LogP contribution is -2.22. The molecule has 1 aromatic heterocycles. The summed E-state index contributed by atoms with van der Waals surface area (Å²) in [5.74, 6) is 0.672. The molecule has 1 atom stereocenters. The number of fused-ring (bicyclic) bond motifs is 1. The van der Waals surface area contributed by atoms with Crippen LogP contribution in [-0.2, 0) is 24.4 Å². The van der Waals surface area contributed by atoms with Crippen LogP contribution in [0.1, 0.15) is 30.4 Å². The second-order valence-corrected chi connectivity index (χ2v) is 8.56. The van der Waals surface area contributed by atoms with Gasteiger partial charge in [0.15, 0.2) is 0 Å². The fourth-order valence-electron chi connectivity index (χ4n) is 2.60. The van der Waals surface area contributed by atoms with Gasteiger partial charge < -0.3 is 10.1 Å². The van der Waals surface area contributed by atoms with Crippen molar-refractivity contribution < 1.29 is 17.7 Å². The number of aromatic nitrogens is 1. The number of rotatable bonds is 11. The number of hydrogen-bond acceptors (Lipinski definition) is 6. The average molecular weight is 399 g/mol. The van der Waals surface area contributed by atoms with Gasteiger partial charge >= 0.3 is 0 Å². The van der Waals surface area contributed by atoms with E-state index in [0.29, 0.717) is 19.0 Å². The highest BCUT2D eigenvalue weighted by Gasteiger charge is 2.04. The maximum atomic E-state index is 10.7. The van der Waals surface area contributed by atoms with E-state index < -0.39 is 9.05 Å². The number of aryl methyl sites for hydroxylation is 2. The van der Waals surface area contributed by atoms with Gasteiger partial charge in [-0.25, -0.2) is 4.98 Å². The SMILES string of the molecule is Cc1ccc2nc(OCCCCCNCCOS(=O)(O)=S)cc(C)c2c1. The molecule has 1 aromatic carbocycles. The molecule has 0 aliphatic rings. The second-order valence-electron chi connectivity index (χ2n) is 6.21. The normalized spacial score (nSPS) is 13.7. The molecule has 26 heavy (non-hydrogen) atoms. The van der Waals surface area contributed by atoms with E-state index in [9.17, 15) is 4.21 Å². The number of benzene rings is 1. The number of unbranched alkanes of at least 4 members (excludes halogenated alkanes) is 2. The average Bonchev–Trinajstić information content (AvgIpc) is 2.56. The standard InChI is InChI=1S/C18H26N2O4S2/c1-14-6-7-17-16(12-14)15(2)13-18(20-17)23-10-5-3-4-8-19-9-11-24-26(21,22)25/h6-7,12-13,19H,3-5,8-11H2,1-2H3,(H,21,22,25). The molecule has 1 heterocycles. The summed E-state index contributed by atoms with van der Waals surface area (Å²) >= 11 is 4.23. The summed E-state index contributed by atoms with van der Waals surface area (Å²) in [4.78, 5) is 4.56. The van der Waals surface area contributed by atoms with Crippen molar-refractivity contribution in [3.05, 3.63) is 35.4 Å². The van der Waals surface area contributed by atoms with Crippen LogP contribution in [0.2, 0.25) is 0 Å². The van der Waals surface area contributed by atoms with Crippen molar-refractivity contribution >= 4 is 31.1 Å². The molecule has 0 radical (unpaired) electrons. The third-order valence-corrected chi connectivity index (χ3v) is 4.66. The van der Waals surface area contributed by atoms with Gasteiger partial charge in [0, 0.05) is 29.2 Å². The van der Waals surface area contributed by atoms with Crippen LogP contribution in [0.15, 0.2) is 24.3 Å². The first-order valence-electron chi connectivity index (χ1n) is 8.68. The molecule has 144 valence electrons. The molecule has 0 aliphatic carbocycles. The zero-order valence-electron chi connectivity index (χ0n) is 15.2. The van der Waals surface area contributed by atoms with Crippen LogP contribution in [0.4, 0.5) is 0 Å². The molecule has 0 aliphatic heterocycles. The Bertz CT molecular complexity index is 825. The van der Waals surface area contributed by atoms with Crippen molar-refractivity contribution in [3.8, 4) is 5.88 Å². The minimum atomic E-state index is -3.50. The van der Waals surface area contributed by atoms with Gasteiger partial charge in [-0.05, 0) is 57.4 Å². The Morgan fingerprint density at radius 1 is 1.15 bits per heavy atom. The van der Waals surface area contributed by atoms with E-state index in [-0.39, 0.29) is 6.61 Å². The van der Waals surface area contributed by atoms with Gasteiger partial charge in [-0.1, -0.05) is 11.6 Å². The van der Waals surface area contributed by atoms with Gasteiger partial charge in [-0.15, -0.1) is 0 Å². The Labute approximate surface area is 160 Å². The fourth-order valence-corrected chi connectivity index (χ4v) is 3.10. The first kappa shape index (κ1) is 21.0. The number of hydrogen-bond donors (Lipinski definition) is 2. The summed E-state index contributed by atoms with van der Waals surface area (Å²) in [6, 6.07) is 8.22. The van der Waals surface area contributed by atoms with Crippen molar-refractivity contribution in [2.45, 2.75) is 33.1 Å². The lowest BCUT2D eigenvalue weighted by Gasteiger charge is -2.09. The lowest BCUT2D eigenvalue weighted by molar-refractivity contribution is 0.291. The largest absolute Gasteiger partial charge is 0.478 e. The topological polar surface area (TPSA) is 80.7 Å². The number of pyridine rings is 1. The van der Waals surface area contributed by atoms with Crippen molar-refractivity contribution in [2.24, 2.45) is 0 Å².